The van der Waals surface area contributed by atoms with E-state index >= 15 is 0 Å². The molecule has 1 saturated carbocycles. The fourth-order valence-electron chi connectivity index (χ4n) is 3.90. The smallest absolute Gasteiger partial charge is 0.328 e. The predicted octanol–water partition coefficient (Wildman–Crippen LogP) is 1.92. The van der Waals surface area contributed by atoms with Crippen LogP contribution in [-0.2, 0) is 20.8 Å². The Balaban J connectivity index is 1.67. The minimum atomic E-state index is -4.04. The third-order valence-electron chi connectivity index (χ3n) is 5.75. The van der Waals surface area contributed by atoms with Crippen LogP contribution < -0.4 is 11.2 Å². The van der Waals surface area contributed by atoms with Crippen molar-refractivity contribution in [3.8, 4) is 6.07 Å². The van der Waals surface area contributed by atoms with Crippen LogP contribution in [0.3, 0.4) is 0 Å². The molecule has 0 saturated heterocycles. The number of aromatic amines is 1. The van der Waals surface area contributed by atoms with Crippen molar-refractivity contribution in [2.75, 3.05) is 6.61 Å². The largest absolute Gasteiger partial charge is 0.391 e. The topological polar surface area (TPSA) is 142 Å². The number of nitriles is 1. The summed E-state index contributed by atoms with van der Waals surface area (Å²) in [5, 5.41) is 19.6. The Morgan fingerprint density at radius 2 is 1.88 bits per heavy atom. The number of nitrogens with one attached hydrogen (secondary N) is 1. The van der Waals surface area contributed by atoms with Crippen molar-refractivity contribution < 1.29 is 17.7 Å². The molecule has 0 bridgehead atoms. The molecule has 1 aromatic heterocycles. The van der Waals surface area contributed by atoms with Crippen molar-refractivity contribution in [1.82, 2.24) is 9.55 Å². The van der Waals surface area contributed by atoms with Crippen LogP contribution >= 0.6 is 0 Å². The Bertz CT molecular complexity index is 1200. The molecule has 1 heterocycles. The molecule has 0 spiro atoms. The van der Waals surface area contributed by atoms with E-state index in [0.717, 1.165) is 42.2 Å². The van der Waals surface area contributed by atoms with Crippen LogP contribution in [0.2, 0.25) is 0 Å². The number of rotatable bonds is 8. The number of aromatic nitrogens is 2. The number of nitrogens with zero attached hydrogens (tertiary/aromatic N) is 2. The molecule has 172 valence electrons. The van der Waals surface area contributed by atoms with Crippen LogP contribution in [0.4, 0.5) is 0 Å². The Labute approximate surface area is 186 Å². The Morgan fingerprint density at radius 1 is 1.22 bits per heavy atom. The van der Waals surface area contributed by atoms with Gasteiger partial charge in [0.05, 0.1) is 17.6 Å². The first-order valence-corrected chi connectivity index (χ1v) is 12.0. The summed E-state index contributed by atoms with van der Waals surface area (Å²) in [6.07, 6.45) is 3.37. The van der Waals surface area contributed by atoms with Crippen molar-refractivity contribution >= 4 is 10.1 Å². The normalized spacial score (nSPS) is 15.9. The first-order valence-electron chi connectivity index (χ1n) is 10.6. The molecule has 0 radical (unpaired) electrons. The van der Waals surface area contributed by atoms with Gasteiger partial charge in [-0.2, -0.15) is 13.7 Å². The van der Waals surface area contributed by atoms with E-state index in [2.05, 4.69) is 4.98 Å². The molecule has 0 aliphatic heterocycles. The van der Waals surface area contributed by atoms with E-state index in [1.54, 1.807) is 12.1 Å². The van der Waals surface area contributed by atoms with Crippen LogP contribution in [0, 0.1) is 18.3 Å². The zero-order valence-corrected chi connectivity index (χ0v) is 18.7. The average Bonchev–Trinajstić information content (AvgIpc) is 2.78. The molecule has 32 heavy (non-hydrogen) atoms. The summed E-state index contributed by atoms with van der Waals surface area (Å²) in [7, 11) is -4.04. The highest BCUT2D eigenvalue weighted by molar-refractivity contribution is 7.86. The van der Waals surface area contributed by atoms with Gasteiger partial charge in [0.15, 0.2) is 0 Å². The first-order chi connectivity index (χ1) is 15.2. The average molecular weight is 462 g/mol. The van der Waals surface area contributed by atoms with Gasteiger partial charge in [0.25, 0.3) is 15.7 Å². The lowest BCUT2D eigenvalue weighted by molar-refractivity contribution is 0.0982. The van der Waals surface area contributed by atoms with Crippen LogP contribution in [0.1, 0.15) is 61.3 Å². The number of hydrogen-bond acceptors (Lipinski definition) is 7. The maximum atomic E-state index is 12.7. The summed E-state index contributed by atoms with van der Waals surface area (Å²) in [4.78, 5) is 27.9. The van der Waals surface area contributed by atoms with Gasteiger partial charge < -0.3 is 10.1 Å². The standard InChI is InChI=1S/C22H27N3O6S/c1-15-7-9-18(10-8-15)32(29,30)31-14-17(26)11-12-25-21(27)19(13-23)20(24-22(25)28)16-5-3-2-4-6-16/h7-10,16-17,26H,2-6,11-12,14H2,1H3,(H,24,28)/t17-/m0/s1. The second kappa shape index (κ2) is 10.3. The Kier molecular flexibility index (Phi) is 7.66. The molecule has 9 nitrogen and oxygen atoms in total. The minimum Gasteiger partial charge on any atom is -0.391 e. The molecular formula is C22H27N3O6S. The van der Waals surface area contributed by atoms with Crippen LogP contribution in [0.25, 0.3) is 0 Å². The Morgan fingerprint density at radius 3 is 2.50 bits per heavy atom. The molecule has 1 aromatic carbocycles. The fourth-order valence-corrected chi connectivity index (χ4v) is 4.84. The predicted molar refractivity (Wildman–Crippen MR) is 117 cm³/mol. The molecule has 0 amide bonds. The number of hydrogen-bond donors (Lipinski definition) is 2. The van der Waals surface area contributed by atoms with E-state index in [1.807, 2.05) is 13.0 Å². The third kappa shape index (κ3) is 5.54. The summed E-state index contributed by atoms with van der Waals surface area (Å²) in [5.74, 6) is -0.0144. The van der Waals surface area contributed by atoms with Crippen molar-refractivity contribution in [3.63, 3.8) is 0 Å². The third-order valence-corrected chi connectivity index (χ3v) is 7.05. The number of benzene rings is 1. The zero-order chi connectivity index (χ0) is 23.3. The number of aliphatic hydroxyl groups excluding tert-OH is 1. The molecule has 1 fully saturated rings. The highest BCUT2D eigenvalue weighted by Crippen LogP contribution is 2.31. The van der Waals surface area contributed by atoms with Crippen molar-refractivity contribution in [1.29, 1.82) is 5.26 Å². The maximum absolute atomic E-state index is 12.7. The summed E-state index contributed by atoms with van der Waals surface area (Å²) >= 11 is 0. The van der Waals surface area contributed by atoms with Gasteiger partial charge in [-0.1, -0.05) is 37.0 Å². The molecule has 1 aliphatic carbocycles. The van der Waals surface area contributed by atoms with Gasteiger partial charge in [-0.15, -0.1) is 0 Å². The van der Waals surface area contributed by atoms with Gasteiger partial charge in [-0.05, 0) is 38.3 Å². The highest BCUT2D eigenvalue weighted by atomic mass is 32.2. The molecular weight excluding hydrogens is 434 g/mol. The summed E-state index contributed by atoms with van der Waals surface area (Å²) in [6, 6.07) is 8.00. The molecule has 1 atom stereocenters. The van der Waals surface area contributed by atoms with E-state index in [4.69, 9.17) is 4.18 Å². The molecule has 3 rings (SSSR count). The van der Waals surface area contributed by atoms with Crippen LogP contribution in [0.15, 0.2) is 38.8 Å². The quantitative estimate of drug-likeness (QED) is 0.572. The zero-order valence-electron chi connectivity index (χ0n) is 17.9. The summed E-state index contributed by atoms with van der Waals surface area (Å²) in [6.45, 7) is 1.13. The van der Waals surface area contributed by atoms with Gasteiger partial charge >= 0.3 is 5.69 Å². The van der Waals surface area contributed by atoms with Crippen molar-refractivity contribution in [2.24, 2.45) is 0 Å². The maximum Gasteiger partial charge on any atom is 0.328 e. The molecule has 0 unspecified atom stereocenters. The molecule has 2 aromatic rings. The Hall–Kier alpha value is -2.74. The van der Waals surface area contributed by atoms with E-state index in [0.29, 0.717) is 5.69 Å². The summed E-state index contributed by atoms with van der Waals surface area (Å²) < 4.78 is 30.2. The van der Waals surface area contributed by atoms with Crippen molar-refractivity contribution in [2.45, 2.75) is 68.9 Å². The number of H-pyrrole nitrogens is 1. The van der Waals surface area contributed by atoms with Crippen LogP contribution in [-0.4, -0.2) is 35.8 Å². The lowest BCUT2D eigenvalue weighted by Gasteiger charge is -2.22. The van der Waals surface area contributed by atoms with E-state index < -0.39 is 34.1 Å². The van der Waals surface area contributed by atoms with Gasteiger partial charge in [0.1, 0.15) is 11.6 Å². The molecule has 2 N–H and O–H groups in total. The molecule has 1 aliphatic rings. The highest BCUT2D eigenvalue weighted by Gasteiger charge is 2.24. The van der Waals surface area contributed by atoms with Crippen molar-refractivity contribution in [3.05, 3.63) is 61.9 Å². The first kappa shape index (κ1) is 23.9. The van der Waals surface area contributed by atoms with Crippen LogP contribution in [0.5, 0.6) is 0 Å². The minimum absolute atomic E-state index is 0.0144. The van der Waals surface area contributed by atoms with E-state index in [1.165, 1.54) is 12.1 Å². The van der Waals surface area contributed by atoms with E-state index in [-0.39, 0.29) is 29.3 Å². The summed E-state index contributed by atoms with van der Waals surface area (Å²) in [5.41, 5.74) is -0.131. The second-order valence-corrected chi connectivity index (χ2v) is 9.73. The monoisotopic (exact) mass is 461 g/mol. The second-order valence-electron chi connectivity index (χ2n) is 8.12. The SMILES string of the molecule is Cc1ccc(S(=O)(=O)OC[C@@H](O)CCn2c(=O)[nH]c(C3CCCCC3)c(C#N)c2=O)cc1. The van der Waals surface area contributed by atoms with Gasteiger partial charge in [-0.25, -0.2) is 4.79 Å². The van der Waals surface area contributed by atoms with E-state index in [9.17, 15) is 28.4 Å². The lowest BCUT2D eigenvalue weighted by atomic mass is 9.85. The number of aryl methyl sites for hydroxylation is 1. The lowest BCUT2D eigenvalue weighted by Crippen LogP contribution is -2.39. The van der Waals surface area contributed by atoms with Gasteiger partial charge in [0.2, 0.25) is 0 Å². The molecule has 10 heteroatoms. The van der Waals surface area contributed by atoms with Gasteiger partial charge in [0, 0.05) is 18.2 Å². The van der Waals surface area contributed by atoms with Gasteiger partial charge in [-0.3, -0.25) is 13.5 Å². The fraction of sp³-hybridized carbons (Fsp3) is 0.500. The number of aliphatic hydroxyl groups is 1.